The van der Waals surface area contributed by atoms with Gasteiger partial charge in [-0.15, -0.1) is 0 Å². The van der Waals surface area contributed by atoms with Crippen molar-refractivity contribution in [1.82, 2.24) is 0 Å². The zero-order valence-electron chi connectivity index (χ0n) is 12.5. The molecule has 3 N–H and O–H groups in total. The summed E-state index contributed by atoms with van der Waals surface area (Å²) < 4.78 is 16.0. The van der Waals surface area contributed by atoms with Crippen LogP contribution in [0, 0.1) is 0 Å². The third-order valence-electron chi connectivity index (χ3n) is 2.93. The van der Waals surface area contributed by atoms with E-state index in [9.17, 15) is 0 Å². The van der Waals surface area contributed by atoms with Gasteiger partial charge < -0.3 is 25.3 Å². The number of nitrogens with two attached hydrogens (primary N) is 1. The minimum atomic E-state index is 0.592. The number of ether oxygens (including phenoxy) is 3. The van der Waals surface area contributed by atoms with Crippen LogP contribution >= 0.6 is 0 Å². The SMILES string of the molecule is CCOc1cc(N)cc(Nc2ccc(OC)cc2OC)c1. The molecule has 2 aromatic rings. The summed E-state index contributed by atoms with van der Waals surface area (Å²) in [6, 6.07) is 11.1. The average Bonchev–Trinajstić information content (AvgIpc) is 2.47. The Morgan fingerprint density at radius 2 is 1.81 bits per heavy atom. The Kier molecular flexibility index (Phi) is 4.77. The van der Waals surface area contributed by atoms with Crippen molar-refractivity contribution in [2.75, 3.05) is 31.9 Å². The number of hydrogen-bond acceptors (Lipinski definition) is 5. The molecule has 0 atom stereocenters. The van der Waals surface area contributed by atoms with Crippen LogP contribution in [0.25, 0.3) is 0 Å². The highest BCUT2D eigenvalue weighted by Crippen LogP contribution is 2.33. The number of hydrogen-bond donors (Lipinski definition) is 2. The topological polar surface area (TPSA) is 65.7 Å². The molecule has 0 aliphatic carbocycles. The summed E-state index contributed by atoms with van der Waals surface area (Å²) in [4.78, 5) is 0. The molecule has 5 heteroatoms. The fourth-order valence-corrected chi connectivity index (χ4v) is 2.00. The molecule has 0 aliphatic rings. The summed E-state index contributed by atoms with van der Waals surface area (Å²) in [6.07, 6.45) is 0. The van der Waals surface area contributed by atoms with Gasteiger partial charge in [0.25, 0.3) is 0 Å². The molecule has 0 amide bonds. The van der Waals surface area contributed by atoms with E-state index in [1.54, 1.807) is 20.3 Å². The number of anilines is 3. The van der Waals surface area contributed by atoms with Crippen molar-refractivity contribution in [2.45, 2.75) is 6.92 Å². The first kappa shape index (κ1) is 14.8. The predicted molar refractivity (Wildman–Crippen MR) is 84.9 cm³/mol. The monoisotopic (exact) mass is 288 g/mol. The smallest absolute Gasteiger partial charge is 0.145 e. The lowest BCUT2D eigenvalue weighted by Gasteiger charge is -2.14. The quantitative estimate of drug-likeness (QED) is 0.797. The second-order valence-electron chi connectivity index (χ2n) is 4.41. The van der Waals surface area contributed by atoms with Crippen LogP contribution in [-0.2, 0) is 0 Å². The van der Waals surface area contributed by atoms with Gasteiger partial charge >= 0.3 is 0 Å². The maximum absolute atomic E-state index is 5.89. The van der Waals surface area contributed by atoms with E-state index >= 15 is 0 Å². The highest BCUT2D eigenvalue weighted by atomic mass is 16.5. The Balaban J connectivity index is 2.29. The molecule has 5 nitrogen and oxygen atoms in total. The lowest BCUT2D eigenvalue weighted by Crippen LogP contribution is -1.98. The minimum Gasteiger partial charge on any atom is -0.497 e. The molecule has 0 heterocycles. The highest BCUT2D eigenvalue weighted by molar-refractivity contribution is 5.71. The first-order valence-electron chi connectivity index (χ1n) is 6.68. The molecule has 21 heavy (non-hydrogen) atoms. The van der Waals surface area contributed by atoms with Gasteiger partial charge in [-0.3, -0.25) is 0 Å². The second kappa shape index (κ2) is 6.74. The maximum Gasteiger partial charge on any atom is 0.145 e. The molecule has 112 valence electrons. The summed E-state index contributed by atoms with van der Waals surface area (Å²) in [5, 5.41) is 3.27. The number of benzene rings is 2. The Morgan fingerprint density at radius 1 is 1.00 bits per heavy atom. The molecule has 0 aliphatic heterocycles. The van der Waals surface area contributed by atoms with Crippen molar-refractivity contribution in [2.24, 2.45) is 0 Å². The van der Waals surface area contributed by atoms with E-state index in [0.29, 0.717) is 18.0 Å². The van der Waals surface area contributed by atoms with Crippen molar-refractivity contribution >= 4 is 17.1 Å². The van der Waals surface area contributed by atoms with Crippen LogP contribution in [-0.4, -0.2) is 20.8 Å². The number of rotatable bonds is 6. The van der Waals surface area contributed by atoms with E-state index in [0.717, 1.165) is 22.9 Å². The van der Waals surface area contributed by atoms with E-state index < -0.39 is 0 Å². The average molecular weight is 288 g/mol. The van der Waals surface area contributed by atoms with Crippen LogP contribution in [0.5, 0.6) is 17.2 Å². The molecular weight excluding hydrogens is 268 g/mol. The van der Waals surface area contributed by atoms with Crippen LogP contribution in [0.3, 0.4) is 0 Å². The van der Waals surface area contributed by atoms with Crippen LogP contribution in [0.4, 0.5) is 17.1 Å². The van der Waals surface area contributed by atoms with Gasteiger partial charge in [0.05, 0.1) is 26.5 Å². The molecule has 0 spiro atoms. The van der Waals surface area contributed by atoms with E-state index in [2.05, 4.69) is 5.32 Å². The van der Waals surface area contributed by atoms with E-state index in [-0.39, 0.29) is 0 Å². The summed E-state index contributed by atoms with van der Waals surface area (Å²) in [6.45, 7) is 2.53. The maximum atomic E-state index is 5.89. The van der Waals surface area contributed by atoms with E-state index in [1.165, 1.54) is 0 Å². The zero-order chi connectivity index (χ0) is 15.2. The van der Waals surface area contributed by atoms with Crippen molar-refractivity contribution in [3.05, 3.63) is 36.4 Å². The van der Waals surface area contributed by atoms with E-state index in [4.69, 9.17) is 19.9 Å². The Hall–Kier alpha value is -2.56. The van der Waals surface area contributed by atoms with Gasteiger partial charge in [0, 0.05) is 29.6 Å². The van der Waals surface area contributed by atoms with Crippen molar-refractivity contribution < 1.29 is 14.2 Å². The van der Waals surface area contributed by atoms with Gasteiger partial charge in [-0.25, -0.2) is 0 Å². The molecular formula is C16H20N2O3. The molecule has 0 saturated carbocycles. The molecule has 2 aromatic carbocycles. The van der Waals surface area contributed by atoms with Crippen LogP contribution in [0.2, 0.25) is 0 Å². The normalized spacial score (nSPS) is 10.0. The van der Waals surface area contributed by atoms with E-state index in [1.807, 2.05) is 37.3 Å². The summed E-state index contributed by atoms with van der Waals surface area (Å²) in [7, 11) is 3.24. The lowest BCUT2D eigenvalue weighted by molar-refractivity contribution is 0.340. The van der Waals surface area contributed by atoms with Crippen molar-refractivity contribution in [3.8, 4) is 17.2 Å². The summed E-state index contributed by atoms with van der Waals surface area (Å²) in [5.41, 5.74) is 8.18. The second-order valence-corrected chi connectivity index (χ2v) is 4.41. The Bertz CT molecular complexity index is 614. The van der Waals surface area contributed by atoms with Gasteiger partial charge in [-0.1, -0.05) is 0 Å². The number of methoxy groups -OCH3 is 2. The molecule has 0 aromatic heterocycles. The minimum absolute atomic E-state index is 0.592. The largest absolute Gasteiger partial charge is 0.497 e. The molecule has 2 rings (SSSR count). The number of nitrogen functional groups attached to an aromatic ring is 1. The fourth-order valence-electron chi connectivity index (χ4n) is 2.00. The number of nitrogens with one attached hydrogen (secondary N) is 1. The third kappa shape index (κ3) is 3.72. The lowest BCUT2D eigenvalue weighted by atomic mass is 10.2. The molecule has 0 radical (unpaired) electrons. The zero-order valence-corrected chi connectivity index (χ0v) is 12.5. The highest BCUT2D eigenvalue weighted by Gasteiger charge is 2.07. The Labute approximate surface area is 124 Å². The van der Waals surface area contributed by atoms with Gasteiger partial charge in [0.15, 0.2) is 0 Å². The van der Waals surface area contributed by atoms with Gasteiger partial charge in [-0.05, 0) is 25.1 Å². The van der Waals surface area contributed by atoms with Crippen molar-refractivity contribution in [3.63, 3.8) is 0 Å². The van der Waals surface area contributed by atoms with Gasteiger partial charge in [0.1, 0.15) is 17.2 Å². The van der Waals surface area contributed by atoms with Gasteiger partial charge in [-0.2, -0.15) is 0 Å². The van der Waals surface area contributed by atoms with Crippen molar-refractivity contribution in [1.29, 1.82) is 0 Å². The first-order chi connectivity index (χ1) is 10.2. The van der Waals surface area contributed by atoms with Crippen LogP contribution < -0.4 is 25.3 Å². The molecule has 0 bridgehead atoms. The Morgan fingerprint density at radius 3 is 2.48 bits per heavy atom. The first-order valence-corrected chi connectivity index (χ1v) is 6.68. The third-order valence-corrected chi connectivity index (χ3v) is 2.93. The summed E-state index contributed by atoms with van der Waals surface area (Å²) in [5.74, 6) is 2.15. The molecule has 0 fully saturated rings. The predicted octanol–water partition coefficient (Wildman–Crippen LogP) is 3.43. The van der Waals surface area contributed by atoms with Gasteiger partial charge in [0.2, 0.25) is 0 Å². The molecule has 0 saturated heterocycles. The molecule has 0 unspecified atom stereocenters. The van der Waals surface area contributed by atoms with Crippen LogP contribution in [0.1, 0.15) is 6.92 Å². The fraction of sp³-hybridized carbons (Fsp3) is 0.250. The summed E-state index contributed by atoms with van der Waals surface area (Å²) >= 11 is 0. The standard InChI is InChI=1S/C16H20N2O3/c1-4-21-14-8-11(17)7-12(9-14)18-15-6-5-13(19-2)10-16(15)20-3/h5-10,18H,4,17H2,1-3H3. The van der Waals surface area contributed by atoms with Crippen LogP contribution in [0.15, 0.2) is 36.4 Å².